The van der Waals surface area contributed by atoms with Gasteiger partial charge in [-0.1, -0.05) is 35.9 Å². The largest absolute Gasteiger partial charge is 0.366 e. The lowest BCUT2D eigenvalue weighted by molar-refractivity contribution is -0.133. The Kier molecular flexibility index (Phi) is 9.80. The number of benzene rings is 2. The highest BCUT2D eigenvalue weighted by Crippen LogP contribution is 2.27. The van der Waals surface area contributed by atoms with Crippen LogP contribution in [-0.4, -0.2) is 83.9 Å². The van der Waals surface area contributed by atoms with Crippen LogP contribution in [0.3, 0.4) is 0 Å². The summed E-state index contributed by atoms with van der Waals surface area (Å²) in [7, 11) is -1.63. The maximum absolute atomic E-state index is 13.5. The highest BCUT2D eigenvalue weighted by atomic mass is 35.5. The van der Waals surface area contributed by atoms with E-state index >= 15 is 0 Å². The van der Waals surface area contributed by atoms with E-state index in [0.29, 0.717) is 56.4 Å². The fraction of sp³-hybridized carbons (Fsp3) is 0.417. The summed E-state index contributed by atoms with van der Waals surface area (Å²) < 4.78 is 26.1. The van der Waals surface area contributed by atoms with Crippen molar-refractivity contribution in [2.75, 3.05) is 62.2 Å². The zero-order valence-corrected chi connectivity index (χ0v) is 22.0. The van der Waals surface area contributed by atoms with Gasteiger partial charge in [0.1, 0.15) is 6.04 Å². The number of piperazine rings is 1. The monoisotopic (exact) mass is 542 g/mol. The van der Waals surface area contributed by atoms with E-state index in [4.69, 9.17) is 11.6 Å². The number of hydrogen-bond donors (Lipinski definition) is 4. The van der Waals surface area contributed by atoms with Crippen molar-refractivity contribution >= 4 is 44.9 Å². The van der Waals surface area contributed by atoms with Gasteiger partial charge in [0.15, 0.2) is 0 Å². The van der Waals surface area contributed by atoms with Gasteiger partial charge in [0.05, 0.1) is 17.6 Å². The van der Waals surface area contributed by atoms with E-state index < -0.39 is 22.1 Å². The van der Waals surface area contributed by atoms with Crippen molar-refractivity contribution < 1.29 is 22.3 Å². The molecule has 1 aliphatic heterocycles. The van der Waals surface area contributed by atoms with E-state index in [1.54, 1.807) is 36.2 Å². The van der Waals surface area contributed by atoms with E-state index in [2.05, 4.69) is 20.7 Å². The molecule has 3 amide bonds. The number of rotatable bonds is 10. The van der Waals surface area contributed by atoms with Crippen molar-refractivity contribution in [1.82, 2.24) is 20.9 Å². The highest BCUT2D eigenvalue weighted by molar-refractivity contribution is 7.92. The van der Waals surface area contributed by atoms with Crippen molar-refractivity contribution in [3.05, 3.63) is 59.1 Å². The van der Waals surface area contributed by atoms with Gasteiger partial charge in [-0.2, -0.15) is 0 Å². The SMILES string of the molecule is CNCCNC(=O)N[C@H](Cc1ccc(Cl)cc1)C(=O)N1CCN(c2ccccc2NS(C)(=O)=O)CC1.[HH].[HH].[HH]. The van der Waals surface area contributed by atoms with E-state index in [1.165, 1.54) is 0 Å². The van der Waals surface area contributed by atoms with Crippen molar-refractivity contribution in [3.8, 4) is 0 Å². The maximum Gasteiger partial charge on any atom is 0.315 e. The molecule has 0 spiro atoms. The molecule has 36 heavy (non-hydrogen) atoms. The van der Waals surface area contributed by atoms with Crippen molar-refractivity contribution in [3.63, 3.8) is 0 Å². The average molecular weight is 543 g/mol. The average Bonchev–Trinajstić information content (AvgIpc) is 2.84. The topological polar surface area (TPSA) is 123 Å². The second-order valence-corrected chi connectivity index (χ2v) is 10.8. The van der Waals surface area contributed by atoms with Gasteiger partial charge in [-0.05, 0) is 36.9 Å². The molecular weight excluding hydrogens is 504 g/mol. The fourth-order valence-corrected chi connectivity index (χ4v) is 4.69. The number of hydrogen-bond acceptors (Lipinski definition) is 6. The summed E-state index contributed by atoms with van der Waals surface area (Å²) in [4.78, 5) is 29.7. The Morgan fingerprint density at radius 3 is 2.33 bits per heavy atom. The molecule has 10 nitrogen and oxygen atoms in total. The van der Waals surface area contributed by atoms with Gasteiger partial charge in [0, 0.05) is 55.0 Å². The number of nitrogens with zero attached hydrogens (tertiary/aromatic N) is 2. The maximum atomic E-state index is 13.5. The summed E-state index contributed by atoms with van der Waals surface area (Å²) in [6, 6.07) is 13.2. The summed E-state index contributed by atoms with van der Waals surface area (Å²) in [6.07, 6.45) is 1.44. The molecule has 4 N–H and O–H groups in total. The Morgan fingerprint density at radius 1 is 1.03 bits per heavy atom. The van der Waals surface area contributed by atoms with Crippen LogP contribution in [0.2, 0.25) is 5.02 Å². The number of para-hydroxylation sites is 2. The normalized spacial score (nSPS) is 14.8. The predicted molar refractivity (Wildman–Crippen MR) is 149 cm³/mol. The quantitative estimate of drug-likeness (QED) is 0.341. The molecule has 2 aromatic carbocycles. The van der Waals surface area contributed by atoms with Crippen molar-refractivity contribution in [1.29, 1.82) is 0 Å². The third-order valence-corrected chi connectivity index (χ3v) is 6.59. The first kappa shape index (κ1) is 27.6. The zero-order chi connectivity index (χ0) is 26.1. The lowest BCUT2D eigenvalue weighted by Crippen LogP contribution is -2.57. The van der Waals surface area contributed by atoms with Gasteiger partial charge in [-0.15, -0.1) is 0 Å². The van der Waals surface area contributed by atoms with Crippen LogP contribution in [0, 0.1) is 0 Å². The van der Waals surface area contributed by atoms with E-state index in [9.17, 15) is 18.0 Å². The number of likely N-dealkylation sites (N-methyl/N-ethyl adjacent to an activating group) is 1. The minimum atomic E-state index is -3.43. The third kappa shape index (κ3) is 8.28. The first-order valence-corrected chi connectivity index (χ1v) is 14.0. The summed E-state index contributed by atoms with van der Waals surface area (Å²) in [5, 5.41) is 9.13. The van der Waals surface area contributed by atoms with Gasteiger partial charge >= 0.3 is 6.03 Å². The Morgan fingerprint density at radius 2 is 1.69 bits per heavy atom. The van der Waals surface area contributed by atoms with Crippen LogP contribution >= 0.6 is 11.6 Å². The molecule has 2 aromatic rings. The summed E-state index contributed by atoms with van der Waals surface area (Å²) in [6.45, 7) is 2.97. The summed E-state index contributed by atoms with van der Waals surface area (Å²) in [5.74, 6) is -0.170. The minimum absolute atomic E-state index is 0. The van der Waals surface area contributed by atoms with Crippen LogP contribution in [0.5, 0.6) is 0 Å². The molecule has 3 rings (SSSR count). The molecule has 202 valence electrons. The molecule has 1 fully saturated rings. The first-order chi connectivity index (χ1) is 17.2. The van der Waals surface area contributed by atoms with E-state index in [0.717, 1.165) is 17.5 Å². The van der Waals surface area contributed by atoms with Gasteiger partial charge in [0.25, 0.3) is 0 Å². The number of amides is 3. The summed E-state index contributed by atoms with van der Waals surface area (Å²) >= 11 is 6.00. The lowest BCUT2D eigenvalue weighted by Gasteiger charge is -2.38. The number of sulfonamides is 1. The van der Waals surface area contributed by atoms with Crippen LogP contribution in [0.15, 0.2) is 48.5 Å². The Hall–Kier alpha value is -3.02. The van der Waals surface area contributed by atoms with Crippen LogP contribution in [0.4, 0.5) is 16.2 Å². The molecule has 1 aliphatic rings. The fourth-order valence-electron chi connectivity index (χ4n) is 3.99. The second-order valence-electron chi connectivity index (χ2n) is 8.59. The number of nitrogens with one attached hydrogen (secondary N) is 4. The number of carbonyl (C=O) groups is 2. The minimum Gasteiger partial charge on any atom is -0.366 e. The molecule has 12 heteroatoms. The van der Waals surface area contributed by atoms with Crippen LogP contribution in [0.25, 0.3) is 0 Å². The highest BCUT2D eigenvalue weighted by Gasteiger charge is 2.29. The molecule has 1 saturated heterocycles. The van der Waals surface area contributed by atoms with Gasteiger partial charge in [-0.3, -0.25) is 9.52 Å². The predicted octanol–water partition coefficient (Wildman–Crippen LogP) is 2.23. The lowest BCUT2D eigenvalue weighted by atomic mass is 10.0. The molecule has 1 atom stereocenters. The molecule has 0 aromatic heterocycles. The number of carbonyl (C=O) groups excluding carboxylic acids is 2. The van der Waals surface area contributed by atoms with E-state index in [-0.39, 0.29) is 10.2 Å². The summed E-state index contributed by atoms with van der Waals surface area (Å²) in [5.41, 5.74) is 2.14. The Bertz CT molecular complexity index is 1150. The number of halogens is 1. The standard InChI is InChI=1S/C24H33ClN6O4S.3H2/c1-26-11-12-27-24(33)28-21(17-18-7-9-19(25)10-8-18)23(32)31-15-13-30(14-16-31)22-6-4-3-5-20(22)29-36(2,34)35;;;/h3-10,21,26,29H,11-17H2,1-2H3,(H2,27,28,33);3*1H/t21-;;;/m1.../s1. The number of urea groups is 1. The van der Waals surface area contributed by atoms with Gasteiger partial charge < -0.3 is 25.8 Å². The molecular formula is C24H39ClN6O4S. The molecule has 0 bridgehead atoms. The molecule has 0 saturated carbocycles. The van der Waals surface area contributed by atoms with Crippen molar-refractivity contribution in [2.45, 2.75) is 12.5 Å². The molecule has 0 unspecified atom stereocenters. The van der Waals surface area contributed by atoms with Crippen molar-refractivity contribution in [2.24, 2.45) is 0 Å². The number of anilines is 2. The molecule has 0 radical (unpaired) electrons. The Balaban J connectivity index is 0.00000481. The van der Waals surface area contributed by atoms with Gasteiger partial charge in [0.2, 0.25) is 15.9 Å². The molecule has 1 heterocycles. The third-order valence-electron chi connectivity index (χ3n) is 5.75. The van der Waals surface area contributed by atoms with Gasteiger partial charge in [-0.25, -0.2) is 13.2 Å². The second kappa shape index (κ2) is 12.8. The van der Waals surface area contributed by atoms with E-state index in [1.807, 2.05) is 29.2 Å². The van der Waals surface area contributed by atoms with Crippen LogP contribution < -0.4 is 25.6 Å². The smallest absolute Gasteiger partial charge is 0.315 e. The van der Waals surface area contributed by atoms with Crippen LogP contribution in [0.1, 0.15) is 9.84 Å². The van der Waals surface area contributed by atoms with Crippen LogP contribution in [-0.2, 0) is 21.2 Å². The Labute approximate surface area is 221 Å². The molecule has 0 aliphatic carbocycles. The first-order valence-electron chi connectivity index (χ1n) is 11.7. The zero-order valence-electron chi connectivity index (χ0n) is 20.5.